The summed E-state index contributed by atoms with van der Waals surface area (Å²) in [5.41, 5.74) is 0.287. The van der Waals surface area contributed by atoms with Crippen LogP contribution in [0, 0.1) is 11.3 Å². The third-order valence-electron chi connectivity index (χ3n) is 7.19. The minimum Gasteiger partial charge on any atom is -0.508 e. The van der Waals surface area contributed by atoms with E-state index in [1.807, 2.05) is 26.0 Å². The van der Waals surface area contributed by atoms with E-state index in [0.717, 1.165) is 17.2 Å². The first kappa shape index (κ1) is 18.9. The molecule has 5 heteroatoms. The minimum absolute atomic E-state index is 0.0516. The van der Waals surface area contributed by atoms with Crippen molar-refractivity contribution in [1.29, 1.82) is 0 Å². The van der Waals surface area contributed by atoms with E-state index in [4.69, 9.17) is 4.74 Å². The van der Waals surface area contributed by atoms with E-state index in [-0.39, 0.29) is 24.2 Å². The van der Waals surface area contributed by atoms with Crippen LogP contribution in [0.3, 0.4) is 0 Å². The number of phenols is 1. The molecule has 0 unspecified atom stereocenters. The molecule has 0 spiro atoms. The lowest BCUT2D eigenvalue weighted by molar-refractivity contribution is -0.165. The van der Waals surface area contributed by atoms with Gasteiger partial charge in [0.1, 0.15) is 11.4 Å². The van der Waals surface area contributed by atoms with Crippen molar-refractivity contribution >= 4 is 22.5 Å². The van der Waals surface area contributed by atoms with Crippen molar-refractivity contribution in [3.63, 3.8) is 0 Å². The van der Waals surface area contributed by atoms with Crippen molar-refractivity contribution in [2.24, 2.45) is 11.3 Å². The number of fused-ring (bicyclic) bond motifs is 5. The Bertz CT molecular complexity index is 980. The number of carbonyl (C=O) groups is 2. The molecule has 2 aromatic carbocycles. The first-order valence-electron chi connectivity index (χ1n) is 9.82. The van der Waals surface area contributed by atoms with Crippen molar-refractivity contribution in [1.82, 2.24) is 0 Å². The van der Waals surface area contributed by atoms with Crippen LogP contribution in [0.15, 0.2) is 30.3 Å². The standard InChI is InChI=1S/C23H26O5/c1-13-10-20-19-6-4-15-11-16(25)5-7-17(15)18(19)8-9-22(20,3)23(13,27)21(26)12-28-14(2)24/h4-7,11,13,20,25,27H,8-10,12H2,1-3H3/t13-,20-,22-,23-/m0/s1. The second-order valence-corrected chi connectivity index (χ2v) is 8.62. The monoisotopic (exact) mass is 382 g/mol. The molecular weight excluding hydrogens is 356 g/mol. The molecule has 4 atom stereocenters. The number of esters is 1. The van der Waals surface area contributed by atoms with Crippen molar-refractivity contribution in [2.45, 2.75) is 51.6 Å². The van der Waals surface area contributed by atoms with Crippen LogP contribution < -0.4 is 0 Å². The van der Waals surface area contributed by atoms with Crippen LogP contribution >= 0.6 is 0 Å². The predicted octanol–water partition coefficient (Wildman–Crippen LogP) is 3.48. The normalized spacial score (nSPS) is 31.3. The number of aryl methyl sites for hydroxylation is 1. The van der Waals surface area contributed by atoms with Crippen molar-refractivity contribution in [3.05, 3.63) is 41.5 Å². The minimum atomic E-state index is -1.52. The molecule has 0 amide bonds. The number of aliphatic hydroxyl groups is 1. The molecule has 28 heavy (non-hydrogen) atoms. The van der Waals surface area contributed by atoms with Gasteiger partial charge in [0.05, 0.1) is 0 Å². The van der Waals surface area contributed by atoms with Gasteiger partial charge in [0, 0.05) is 12.3 Å². The number of rotatable bonds is 3. The maximum absolute atomic E-state index is 12.9. The topological polar surface area (TPSA) is 83.8 Å². The van der Waals surface area contributed by atoms with Crippen LogP contribution in [-0.2, 0) is 20.7 Å². The number of hydrogen-bond acceptors (Lipinski definition) is 5. The molecule has 1 fully saturated rings. The molecule has 0 aromatic heterocycles. The Labute approximate surface area is 164 Å². The lowest BCUT2D eigenvalue weighted by Gasteiger charge is -2.46. The summed E-state index contributed by atoms with van der Waals surface area (Å²) < 4.78 is 4.92. The van der Waals surface area contributed by atoms with Crippen molar-refractivity contribution < 1.29 is 24.5 Å². The highest BCUT2D eigenvalue weighted by Gasteiger charge is 2.65. The summed E-state index contributed by atoms with van der Waals surface area (Å²) in [4.78, 5) is 24.1. The highest BCUT2D eigenvalue weighted by atomic mass is 16.5. The number of Topliss-reactive ketones (excluding diaryl/α,β-unsaturated/α-hetero) is 1. The summed E-state index contributed by atoms with van der Waals surface area (Å²) in [6.45, 7) is 4.78. The fourth-order valence-electron chi connectivity index (χ4n) is 5.71. The zero-order chi connectivity index (χ0) is 20.3. The average Bonchev–Trinajstić information content (AvgIpc) is 2.87. The van der Waals surface area contributed by atoms with Crippen LogP contribution in [0.25, 0.3) is 10.8 Å². The molecule has 2 aromatic rings. The summed E-state index contributed by atoms with van der Waals surface area (Å²) in [5, 5.41) is 23.5. The number of phenolic OH excluding ortho intramolecular Hbond substituents is 1. The van der Waals surface area contributed by atoms with Gasteiger partial charge < -0.3 is 14.9 Å². The van der Waals surface area contributed by atoms with Gasteiger partial charge in [-0.15, -0.1) is 0 Å². The lowest BCUT2D eigenvalue weighted by Crippen LogP contribution is -2.56. The maximum atomic E-state index is 12.9. The number of aromatic hydroxyl groups is 1. The van der Waals surface area contributed by atoms with E-state index in [9.17, 15) is 19.8 Å². The number of ether oxygens (including phenoxy) is 1. The zero-order valence-electron chi connectivity index (χ0n) is 16.5. The summed E-state index contributed by atoms with van der Waals surface area (Å²) in [6.07, 6.45) is 2.13. The molecule has 4 rings (SSSR count). The maximum Gasteiger partial charge on any atom is 0.303 e. The third kappa shape index (κ3) is 2.49. The second kappa shape index (κ2) is 6.31. The highest BCUT2D eigenvalue weighted by molar-refractivity contribution is 5.92. The molecule has 2 N–H and O–H groups in total. The molecule has 0 saturated heterocycles. The first-order valence-corrected chi connectivity index (χ1v) is 9.82. The van der Waals surface area contributed by atoms with E-state index in [1.165, 1.54) is 18.1 Å². The van der Waals surface area contributed by atoms with Gasteiger partial charge in [-0.3, -0.25) is 9.59 Å². The summed E-state index contributed by atoms with van der Waals surface area (Å²) in [6, 6.07) is 9.49. The second-order valence-electron chi connectivity index (χ2n) is 8.62. The Morgan fingerprint density at radius 3 is 2.71 bits per heavy atom. The Morgan fingerprint density at radius 1 is 1.25 bits per heavy atom. The molecule has 0 radical (unpaired) electrons. The van der Waals surface area contributed by atoms with Gasteiger partial charge in [-0.2, -0.15) is 0 Å². The van der Waals surface area contributed by atoms with Crippen LogP contribution in [-0.4, -0.2) is 34.2 Å². The van der Waals surface area contributed by atoms with Gasteiger partial charge in [0.25, 0.3) is 0 Å². The van der Waals surface area contributed by atoms with Gasteiger partial charge >= 0.3 is 5.97 Å². The van der Waals surface area contributed by atoms with Gasteiger partial charge in [-0.25, -0.2) is 0 Å². The third-order valence-corrected chi connectivity index (χ3v) is 7.19. The van der Waals surface area contributed by atoms with Gasteiger partial charge in [-0.1, -0.05) is 32.0 Å². The Morgan fingerprint density at radius 2 is 2.00 bits per heavy atom. The Balaban J connectivity index is 1.77. The Kier molecular flexibility index (Phi) is 4.27. The smallest absolute Gasteiger partial charge is 0.303 e. The molecule has 2 aliphatic carbocycles. The van der Waals surface area contributed by atoms with E-state index in [2.05, 4.69) is 6.07 Å². The highest BCUT2D eigenvalue weighted by Crippen LogP contribution is 2.63. The molecule has 0 heterocycles. The largest absolute Gasteiger partial charge is 0.508 e. The predicted molar refractivity (Wildman–Crippen MR) is 105 cm³/mol. The van der Waals surface area contributed by atoms with E-state index in [0.29, 0.717) is 12.8 Å². The number of benzene rings is 2. The lowest BCUT2D eigenvalue weighted by atomic mass is 9.59. The summed E-state index contributed by atoms with van der Waals surface area (Å²) >= 11 is 0. The average molecular weight is 382 g/mol. The molecule has 5 nitrogen and oxygen atoms in total. The summed E-state index contributed by atoms with van der Waals surface area (Å²) in [7, 11) is 0. The molecule has 1 saturated carbocycles. The quantitative estimate of drug-likeness (QED) is 0.794. The van der Waals surface area contributed by atoms with Crippen LogP contribution in [0.2, 0.25) is 0 Å². The molecule has 0 aliphatic heterocycles. The number of hydrogen-bond donors (Lipinski definition) is 2. The SMILES string of the molecule is CC(=O)OCC(=O)[C@@]1(O)[C@@H](C)C[C@H]2c3ccc4cc(O)ccc4c3CC[C@@]21C. The van der Waals surface area contributed by atoms with Crippen LogP contribution in [0.5, 0.6) is 5.75 Å². The van der Waals surface area contributed by atoms with E-state index < -0.39 is 22.8 Å². The fourth-order valence-corrected chi connectivity index (χ4v) is 5.71. The summed E-state index contributed by atoms with van der Waals surface area (Å²) in [5.74, 6) is -0.863. The van der Waals surface area contributed by atoms with Crippen molar-refractivity contribution in [2.75, 3.05) is 6.61 Å². The van der Waals surface area contributed by atoms with Crippen LogP contribution in [0.1, 0.15) is 50.7 Å². The zero-order valence-corrected chi connectivity index (χ0v) is 16.5. The fraction of sp³-hybridized carbons (Fsp3) is 0.478. The molecular formula is C23H26O5. The number of carbonyl (C=O) groups excluding carboxylic acids is 2. The van der Waals surface area contributed by atoms with E-state index >= 15 is 0 Å². The number of ketones is 1. The molecule has 2 aliphatic rings. The van der Waals surface area contributed by atoms with Crippen molar-refractivity contribution in [3.8, 4) is 5.75 Å². The molecule has 0 bridgehead atoms. The van der Waals surface area contributed by atoms with E-state index in [1.54, 1.807) is 12.1 Å². The molecule has 148 valence electrons. The van der Waals surface area contributed by atoms with Crippen LogP contribution in [0.4, 0.5) is 0 Å². The first-order chi connectivity index (χ1) is 13.2. The van der Waals surface area contributed by atoms with Gasteiger partial charge in [-0.05, 0) is 65.1 Å². The Hall–Kier alpha value is -2.40. The van der Waals surface area contributed by atoms with Gasteiger partial charge in [0.15, 0.2) is 6.61 Å². The van der Waals surface area contributed by atoms with Gasteiger partial charge in [0.2, 0.25) is 5.78 Å².